The summed E-state index contributed by atoms with van der Waals surface area (Å²) < 4.78 is 29.4. The molecular formula is C15H10F2N6O2S. The minimum absolute atomic E-state index is 0.0128. The molecule has 0 atom stereocenters. The Bertz CT molecular complexity index is 1180. The first-order valence-corrected chi connectivity index (χ1v) is 8.27. The molecule has 0 aliphatic carbocycles. The van der Waals surface area contributed by atoms with Crippen molar-refractivity contribution >= 4 is 38.9 Å². The Kier molecular flexibility index (Phi) is 3.92. The van der Waals surface area contributed by atoms with Crippen molar-refractivity contribution in [1.82, 2.24) is 24.1 Å². The van der Waals surface area contributed by atoms with Gasteiger partial charge < -0.3 is 0 Å². The average Bonchev–Trinajstić information content (AvgIpc) is 3.21. The second kappa shape index (κ2) is 6.26. The van der Waals surface area contributed by atoms with E-state index in [4.69, 9.17) is 0 Å². The molecule has 0 fully saturated rings. The summed E-state index contributed by atoms with van der Waals surface area (Å²) in [4.78, 5) is 31.9. The second-order valence-corrected chi connectivity index (χ2v) is 6.27. The van der Waals surface area contributed by atoms with Crippen molar-refractivity contribution in [3.63, 3.8) is 0 Å². The Morgan fingerprint density at radius 2 is 2.04 bits per heavy atom. The molecule has 1 amide bonds. The summed E-state index contributed by atoms with van der Waals surface area (Å²) in [5.41, 5.74) is 0.402. The van der Waals surface area contributed by atoms with Gasteiger partial charge in [-0.2, -0.15) is 5.10 Å². The second-order valence-electron chi connectivity index (χ2n) is 5.32. The molecular weight excluding hydrogens is 366 g/mol. The molecule has 0 aromatic carbocycles. The van der Waals surface area contributed by atoms with Crippen LogP contribution in [-0.4, -0.2) is 30.1 Å². The Labute approximate surface area is 147 Å². The number of halogens is 2. The van der Waals surface area contributed by atoms with Gasteiger partial charge >= 0.3 is 0 Å². The number of nitrogens with one attached hydrogen (secondary N) is 1. The van der Waals surface area contributed by atoms with Gasteiger partial charge in [-0.15, -0.1) is 11.3 Å². The van der Waals surface area contributed by atoms with Crippen molar-refractivity contribution in [1.29, 1.82) is 0 Å². The van der Waals surface area contributed by atoms with Crippen molar-refractivity contribution in [3.05, 3.63) is 51.9 Å². The van der Waals surface area contributed by atoms with E-state index in [1.54, 1.807) is 12.1 Å². The fourth-order valence-electron chi connectivity index (χ4n) is 2.59. The van der Waals surface area contributed by atoms with E-state index in [0.717, 1.165) is 21.8 Å². The highest BCUT2D eigenvalue weighted by Crippen LogP contribution is 2.24. The number of amides is 1. The normalized spacial score (nSPS) is 11.3. The van der Waals surface area contributed by atoms with Crippen LogP contribution in [-0.2, 0) is 18.0 Å². The zero-order valence-corrected chi connectivity index (χ0v) is 13.8. The number of hydrogen-bond donors (Lipinski definition) is 1. The van der Waals surface area contributed by atoms with Gasteiger partial charge in [0.1, 0.15) is 18.7 Å². The third kappa shape index (κ3) is 2.71. The first kappa shape index (κ1) is 16.3. The van der Waals surface area contributed by atoms with Crippen molar-refractivity contribution in [2.75, 3.05) is 5.32 Å². The van der Waals surface area contributed by atoms with E-state index in [1.165, 1.54) is 15.7 Å². The summed E-state index contributed by atoms with van der Waals surface area (Å²) in [6.07, 6.45) is 1.79. The standard InChI is InChI=1S/C15H10F2N6O2S/c16-4-12-21-22(7-13(24)20-15-18-5-8(17)6-19-15)14(25)10-3-11-9(23(10)12)1-2-26-11/h1-3,5-6H,4,7H2,(H,18,19,20,24). The lowest BCUT2D eigenvalue weighted by molar-refractivity contribution is -0.117. The van der Waals surface area contributed by atoms with E-state index in [1.807, 2.05) is 5.38 Å². The number of alkyl halides is 1. The summed E-state index contributed by atoms with van der Waals surface area (Å²) in [7, 11) is 0. The molecule has 26 heavy (non-hydrogen) atoms. The quantitative estimate of drug-likeness (QED) is 0.586. The van der Waals surface area contributed by atoms with Gasteiger partial charge in [-0.05, 0) is 17.5 Å². The predicted octanol–water partition coefficient (Wildman–Crippen LogP) is 1.75. The summed E-state index contributed by atoms with van der Waals surface area (Å²) in [6, 6.07) is 3.41. The van der Waals surface area contributed by atoms with Crippen LogP contribution < -0.4 is 10.9 Å². The third-order valence-corrected chi connectivity index (χ3v) is 4.51. The van der Waals surface area contributed by atoms with E-state index >= 15 is 0 Å². The topological polar surface area (TPSA) is 94.2 Å². The molecule has 0 aliphatic heterocycles. The van der Waals surface area contributed by atoms with Crippen molar-refractivity contribution in [2.45, 2.75) is 13.2 Å². The molecule has 8 nitrogen and oxygen atoms in total. The molecule has 0 aliphatic rings. The first-order chi connectivity index (χ1) is 12.6. The molecule has 0 unspecified atom stereocenters. The molecule has 4 heterocycles. The van der Waals surface area contributed by atoms with Crippen molar-refractivity contribution in [3.8, 4) is 0 Å². The summed E-state index contributed by atoms with van der Waals surface area (Å²) in [6.45, 7) is -1.36. The number of carbonyl (C=O) groups excluding carboxylic acids is 1. The predicted molar refractivity (Wildman–Crippen MR) is 90.3 cm³/mol. The maximum atomic E-state index is 13.4. The van der Waals surface area contributed by atoms with Gasteiger partial charge in [0, 0.05) is 0 Å². The monoisotopic (exact) mass is 376 g/mol. The van der Waals surface area contributed by atoms with E-state index in [0.29, 0.717) is 5.52 Å². The lowest BCUT2D eigenvalue weighted by atomic mass is 10.5. The number of nitrogens with zero attached hydrogens (tertiary/aromatic N) is 5. The van der Waals surface area contributed by atoms with Crippen LogP contribution in [0.1, 0.15) is 5.82 Å². The maximum Gasteiger partial charge on any atom is 0.291 e. The number of aromatic nitrogens is 5. The maximum absolute atomic E-state index is 13.4. The zero-order valence-electron chi connectivity index (χ0n) is 13.0. The number of thiophene rings is 1. The highest BCUT2D eigenvalue weighted by molar-refractivity contribution is 7.17. The SMILES string of the molecule is O=C(Cn1nc(CF)n2c(cc3sccc32)c1=O)Nc1ncc(F)cn1. The van der Waals surface area contributed by atoms with Gasteiger partial charge in [0.05, 0.1) is 22.6 Å². The van der Waals surface area contributed by atoms with Crippen LogP contribution in [0.15, 0.2) is 34.7 Å². The van der Waals surface area contributed by atoms with E-state index in [2.05, 4.69) is 20.4 Å². The molecule has 4 aromatic heterocycles. The van der Waals surface area contributed by atoms with E-state index < -0.39 is 30.5 Å². The lowest BCUT2D eigenvalue weighted by Gasteiger charge is -2.09. The van der Waals surface area contributed by atoms with E-state index in [-0.39, 0.29) is 17.3 Å². The molecule has 4 rings (SSSR count). The Morgan fingerprint density at radius 3 is 2.77 bits per heavy atom. The molecule has 1 N–H and O–H groups in total. The van der Waals surface area contributed by atoms with Gasteiger partial charge in [0.15, 0.2) is 11.6 Å². The Morgan fingerprint density at radius 1 is 1.27 bits per heavy atom. The number of rotatable bonds is 4. The van der Waals surface area contributed by atoms with Crippen molar-refractivity contribution < 1.29 is 13.6 Å². The minimum Gasteiger partial charge on any atom is -0.293 e. The van der Waals surface area contributed by atoms with Gasteiger partial charge in [-0.1, -0.05) is 0 Å². The molecule has 0 saturated heterocycles. The van der Waals surface area contributed by atoms with Gasteiger partial charge in [-0.3, -0.25) is 19.3 Å². The smallest absolute Gasteiger partial charge is 0.291 e. The number of carbonyl (C=O) groups is 1. The van der Waals surface area contributed by atoms with Gasteiger partial charge in [-0.25, -0.2) is 23.4 Å². The number of fused-ring (bicyclic) bond motifs is 3. The lowest BCUT2D eigenvalue weighted by Crippen LogP contribution is -2.32. The van der Waals surface area contributed by atoms with Crippen LogP contribution in [0.3, 0.4) is 0 Å². The van der Waals surface area contributed by atoms with E-state index in [9.17, 15) is 18.4 Å². The highest BCUT2D eigenvalue weighted by Gasteiger charge is 2.17. The fourth-order valence-corrected chi connectivity index (χ4v) is 3.40. The van der Waals surface area contributed by atoms with Crippen LogP contribution >= 0.6 is 11.3 Å². The summed E-state index contributed by atoms with van der Waals surface area (Å²) in [5.74, 6) is -1.39. The molecule has 11 heteroatoms. The van der Waals surface area contributed by atoms with Crippen molar-refractivity contribution in [2.24, 2.45) is 0 Å². The van der Waals surface area contributed by atoms with Crippen LogP contribution in [0.25, 0.3) is 15.7 Å². The Hall–Kier alpha value is -3.21. The van der Waals surface area contributed by atoms with Crippen LogP contribution in [0.5, 0.6) is 0 Å². The van der Waals surface area contributed by atoms with Gasteiger partial charge in [0.2, 0.25) is 11.9 Å². The summed E-state index contributed by atoms with van der Waals surface area (Å²) >= 11 is 1.42. The van der Waals surface area contributed by atoms with Gasteiger partial charge in [0.25, 0.3) is 5.56 Å². The minimum atomic E-state index is -0.904. The molecule has 0 radical (unpaired) electrons. The molecule has 0 bridgehead atoms. The average molecular weight is 376 g/mol. The van der Waals surface area contributed by atoms with Crippen LogP contribution in [0.2, 0.25) is 0 Å². The molecule has 0 spiro atoms. The molecule has 132 valence electrons. The molecule has 4 aromatic rings. The largest absolute Gasteiger partial charge is 0.293 e. The number of anilines is 1. The van der Waals surface area contributed by atoms with Crippen LogP contribution in [0, 0.1) is 5.82 Å². The number of hydrogen-bond acceptors (Lipinski definition) is 6. The van der Waals surface area contributed by atoms with Crippen LogP contribution in [0.4, 0.5) is 14.7 Å². The first-order valence-electron chi connectivity index (χ1n) is 7.39. The fraction of sp³-hybridized carbons (Fsp3) is 0.133. The zero-order chi connectivity index (χ0) is 18.3. The Balaban J connectivity index is 1.69. The molecule has 0 saturated carbocycles. The highest BCUT2D eigenvalue weighted by atomic mass is 32.1. The summed E-state index contributed by atoms with van der Waals surface area (Å²) in [5, 5.41) is 8.11. The third-order valence-electron chi connectivity index (χ3n) is 3.66.